The first-order valence-corrected chi connectivity index (χ1v) is 16.1. The number of fused-ring (bicyclic) bond motifs is 3. The Bertz CT molecular complexity index is 1230. The van der Waals surface area contributed by atoms with Crippen molar-refractivity contribution >= 4 is 29.0 Å². The summed E-state index contributed by atoms with van der Waals surface area (Å²) in [5, 5.41) is 0. The van der Waals surface area contributed by atoms with Crippen LogP contribution >= 0.6 is 24.8 Å². The topological polar surface area (TPSA) is 0 Å². The van der Waals surface area contributed by atoms with Gasteiger partial charge in [-0.25, -0.2) is 5.57 Å². The Hall–Kier alpha value is -1.53. The van der Waals surface area contributed by atoms with Crippen LogP contribution in [0.1, 0.15) is 98.4 Å². The maximum atomic E-state index is 3.67. The van der Waals surface area contributed by atoms with E-state index >= 15 is 0 Å². The molecule has 3 aromatic carbocycles. The molecule has 0 bridgehead atoms. The van der Waals surface area contributed by atoms with Crippen LogP contribution in [0.25, 0.3) is 11.1 Å². The fraction of sp³-hybridized carbons (Fsp3) is 0.400. The first-order valence-electron chi connectivity index (χ1n) is 14.4. The van der Waals surface area contributed by atoms with Gasteiger partial charge in [-0.05, 0) is 28.4 Å². The van der Waals surface area contributed by atoms with E-state index in [0.717, 1.165) is 6.42 Å². The van der Waals surface area contributed by atoms with Gasteiger partial charge in [-0.15, -0.1) is 35.9 Å². The molecule has 5 rings (SSSR count). The van der Waals surface area contributed by atoms with Crippen LogP contribution in [0.2, 0.25) is 0 Å². The number of rotatable bonds is 0. The first kappa shape index (κ1) is 43.6. The van der Waals surface area contributed by atoms with E-state index < -0.39 is 0 Å². The smallest absolute Gasteiger partial charge is 0.171 e. The standard InChI is InChI=1S/C21H25.C11H17.C6H5.CH3.CH2.2ClH.Zr/c1-20(2,3)16-7-9-18-14(12-16)11-15-13-17(21(4,5)6)8-10-19(15)18;1-8-6-9(2)10(7-8)11(3,4)5;1-2-4-6-5-3-1;;;;;/h7-10,12H,11H2,1-6H3;7-8H,1-5H3;1-5H;1H3;1H2;2*1H;/q4*-1;;;;. The van der Waals surface area contributed by atoms with Crippen molar-refractivity contribution in [2.24, 2.45) is 11.3 Å². The molecule has 0 heterocycles. The summed E-state index contributed by atoms with van der Waals surface area (Å²) in [4.78, 5) is 0. The van der Waals surface area contributed by atoms with Crippen LogP contribution in [0, 0.1) is 37.0 Å². The molecule has 2 aliphatic rings. The zero-order chi connectivity index (χ0) is 30.3. The second-order valence-electron chi connectivity index (χ2n) is 13.8. The van der Waals surface area contributed by atoms with Crippen LogP contribution in [0.5, 0.6) is 0 Å². The van der Waals surface area contributed by atoms with Gasteiger partial charge >= 0.3 is 28.4 Å². The number of benzene rings is 3. The minimum Gasteiger partial charge on any atom is -0.358 e. The molecule has 0 aromatic heterocycles. The summed E-state index contributed by atoms with van der Waals surface area (Å²) in [6, 6.07) is 27.7. The van der Waals surface area contributed by atoms with E-state index in [9.17, 15) is 0 Å². The van der Waals surface area contributed by atoms with Crippen LogP contribution in [-0.2, 0) is 41.5 Å². The van der Waals surface area contributed by atoms with Gasteiger partial charge in [0.2, 0.25) is 0 Å². The third kappa shape index (κ3) is 12.8. The zero-order valence-electron chi connectivity index (χ0n) is 28.7. The molecule has 0 aliphatic heterocycles. The predicted molar refractivity (Wildman–Crippen MR) is 193 cm³/mol. The van der Waals surface area contributed by atoms with Crippen molar-refractivity contribution in [3.63, 3.8) is 0 Å². The van der Waals surface area contributed by atoms with E-state index in [-0.39, 0.29) is 43.1 Å². The van der Waals surface area contributed by atoms with Crippen molar-refractivity contribution in [2.45, 2.75) is 93.4 Å². The number of allylic oxidation sites excluding steroid dienone is 4. The van der Waals surface area contributed by atoms with Gasteiger partial charge in [0, 0.05) is 0 Å². The summed E-state index contributed by atoms with van der Waals surface area (Å²) in [6.45, 7) is 24.7. The van der Waals surface area contributed by atoms with Crippen molar-refractivity contribution in [3.05, 3.63) is 126 Å². The van der Waals surface area contributed by atoms with Gasteiger partial charge in [0.25, 0.3) is 0 Å². The van der Waals surface area contributed by atoms with Crippen molar-refractivity contribution in [3.8, 4) is 11.1 Å². The third-order valence-corrected chi connectivity index (χ3v) is 7.14. The van der Waals surface area contributed by atoms with Crippen molar-refractivity contribution in [2.75, 3.05) is 0 Å². The van der Waals surface area contributed by atoms with Crippen molar-refractivity contribution < 1.29 is 24.2 Å². The Morgan fingerprint density at radius 3 is 1.70 bits per heavy atom. The fourth-order valence-corrected chi connectivity index (χ4v) is 5.02. The summed E-state index contributed by atoms with van der Waals surface area (Å²) >= 11 is 1.30. The molecule has 1 atom stereocenters. The van der Waals surface area contributed by atoms with E-state index in [2.05, 4.69) is 135 Å². The van der Waals surface area contributed by atoms with E-state index in [1.165, 1.54) is 68.8 Å². The van der Waals surface area contributed by atoms with Crippen molar-refractivity contribution in [1.29, 1.82) is 0 Å². The summed E-state index contributed by atoms with van der Waals surface area (Å²) in [5.74, 6) is 0.518. The number of halogens is 2. The van der Waals surface area contributed by atoms with Gasteiger partial charge in [-0.3, -0.25) is 6.08 Å². The molecule has 43 heavy (non-hydrogen) atoms. The van der Waals surface area contributed by atoms with Crippen LogP contribution in [-0.4, -0.2) is 4.21 Å². The molecule has 0 spiro atoms. The molecule has 0 amide bonds. The second-order valence-corrected chi connectivity index (χ2v) is 13.8. The Labute approximate surface area is 293 Å². The fourth-order valence-electron chi connectivity index (χ4n) is 5.02. The molecule has 0 saturated heterocycles. The van der Waals surface area contributed by atoms with E-state index in [0.29, 0.717) is 11.3 Å². The predicted octanol–water partition coefficient (Wildman–Crippen LogP) is 11.8. The molecule has 0 N–H and O–H groups in total. The van der Waals surface area contributed by atoms with Gasteiger partial charge in [0.05, 0.1) is 0 Å². The molecule has 3 aromatic rings. The van der Waals surface area contributed by atoms with Crippen LogP contribution < -0.4 is 0 Å². The number of hydrogen-bond acceptors (Lipinski definition) is 0. The van der Waals surface area contributed by atoms with Crippen LogP contribution in [0.15, 0.2) is 77.9 Å². The summed E-state index contributed by atoms with van der Waals surface area (Å²) in [5.41, 5.74) is 11.8. The summed E-state index contributed by atoms with van der Waals surface area (Å²) in [7, 11) is 0. The summed E-state index contributed by atoms with van der Waals surface area (Å²) < 4.78 is 3.34. The average molecular weight is 697 g/mol. The Balaban J connectivity index is 0. The van der Waals surface area contributed by atoms with Gasteiger partial charge in [0.1, 0.15) is 0 Å². The van der Waals surface area contributed by atoms with E-state index in [1.807, 2.05) is 30.3 Å². The maximum absolute atomic E-state index is 3.67. The van der Waals surface area contributed by atoms with Crippen LogP contribution in [0.3, 0.4) is 0 Å². The average Bonchev–Trinajstić information content (AvgIpc) is 3.44. The Morgan fingerprint density at radius 1 is 0.767 bits per heavy atom. The van der Waals surface area contributed by atoms with Gasteiger partial charge in [0.15, 0.2) is 0 Å². The molecular weight excluding hydrogens is 643 g/mol. The van der Waals surface area contributed by atoms with E-state index in [4.69, 9.17) is 0 Å². The minimum absolute atomic E-state index is 0. The first-order chi connectivity index (χ1) is 18.6. The zero-order valence-corrected chi connectivity index (χ0v) is 32.7. The molecule has 236 valence electrons. The van der Waals surface area contributed by atoms with Crippen molar-refractivity contribution in [1.82, 2.24) is 0 Å². The molecule has 3 heteroatoms. The largest absolute Gasteiger partial charge is 0.358 e. The Morgan fingerprint density at radius 2 is 1.33 bits per heavy atom. The van der Waals surface area contributed by atoms with Crippen LogP contribution in [0.4, 0.5) is 0 Å². The molecule has 0 fully saturated rings. The minimum atomic E-state index is 0. The third-order valence-electron chi connectivity index (χ3n) is 7.14. The Kier molecular flexibility index (Phi) is 18.7. The second kappa shape index (κ2) is 18.4. The molecular formula is C40H54Cl2Zr-4. The molecule has 0 saturated carbocycles. The van der Waals surface area contributed by atoms with Gasteiger partial charge in [-0.2, -0.15) is 71.8 Å². The quantitative estimate of drug-likeness (QED) is 0.161. The van der Waals surface area contributed by atoms with E-state index in [1.54, 1.807) is 0 Å². The van der Waals surface area contributed by atoms with Gasteiger partial charge < -0.3 is 7.43 Å². The maximum Gasteiger partial charge on any atom is -0.171 e. The molecule has 0 nitrogen and oxygen atoms in total. The number of hydrogen-bond donors (Lipinski definition) is 0. The molecule has 1 unspecified atom stereocenters. The van der Waals surface area contributed by atoms with Gasteiger partial charge in [-0.1, -0.05) is 111 Å². The normalized spacial score (nSPS) is 14.4. The molecule has 2 aliphatic carbocycles. The summed E-state index contributed by atoms with van der Waals surface area (Å²) in [6.07, 6.45) is 6.74. The monoisotopic (exact) mass is 694 g/mol. The molecule has 0 radical (unpaired) electrons. The SMILES string of the molecule is CC(C)(C)c1[c-]c2c(cc1)-c1ccc(C(C)(C)C)cc1C2.CC1=[C-]C(C)C=C1C(C)(C)C.Cl.Cl.[CH2]=[Zr].[CH3-].[c-]1ccccc1.